The van der Waals surface area contributed by atoms with Gasteiger partial charge in [0.15, 0.2) is 0 Å². The molecule has 1 atom stereocenters. The van der Waals surface area contributed by atoms with Crippen LogP contribution in [-0.2, 0) is 6.42 Å². The van der Waals surface area contributed by atoms with E-state index in [-0.39, 0.29) is 6.04 Å². The van der Waals surface area contributed by atoms with E-state index in [1.165, 1.54) is 4.88 Å². The van der Waals surface area contributed by atoms with Gasteiger partial charge in [-0.2, -0.15) is 0 Å². The monoisotopic (exact) mass is 292 g/mol. The van der Waals surface area contributed by atoms with Gasteiger partial charge in [0.25, 0.3) is 0 Å². The predicted molar refractivity (Wildman–Crippen MR) is 82.8 cm³/mol. The molecule has 0 radical (unpaired) electrons. The van der Waals surface area contributed by atoms with Crippen LogP contribution in [0.4, 0.5) is 11.6 Å². The topological polar surface area (TPSA) is 88.8 Å². The number of aromatic nitrogens is 3. The lowest BCUT2D eigenvalue weighted by molar-refractivity contribution is 0.850. The normalized spacial score (nSPS) is 12.2. The van der Waals surface area contributed by atoms with E-state index in [9.17, 15) is 0 Å². The largest absolute Gasteiger partial charge is 0.361 e. The van der Waals surface area contributed by atoms with Crippen molar-refractivity contribution in [2.75, 3.05) is 10.7 Å². The summed E-state index contributed by atoms with van der Waals surface area (Å²) in [6.07, 6.45) is 2.94. The minimum atomic E-state index is 0.0962. The molecule has 0 saturated heterocycles. The van der Waals surface area contributed by atoms with E-state index in [1.54, 1.807) is 11.3 Å². The highest BCUT2D eigenvalue weighted by molar-refractivity contribution is 7.11. The van der Waals surface area contributed by atoms with Gasteiger partial charge in [-0.3, -0.25) is 0 Å². The molecule has 6 nitrogen and oxygen atoms in total. The highest BCUT2D eigenvalue weighted by atomic mass is 32.1. The van der Waals surface area contributed by atoms with E-state index in [0.29, 0.717) is 11.6 Å². The fraction of sp³-hybridized carbons (Fsp3) is 0.462. The molecule has 108 valence electrons. The van der Waals surface area contributed by atoms with E-state index < -0.39 is 0 Å². The van der Waals surface area contributed by atoms with Crippen molar-refractivity contribution in [3.63, 3.8) is 0 Å². The number of hydrogen-bond donors (Lipinski definition) is 3. The predicted octanol–water partition coefficient (Wildman–Crippen LogP) is 2.57. The Balaban J connectivity index is 2.23. The van der Waals surface area contributed by atoms with E-state index in [2.05, 4.69) is 39.5 Å². The van der Waals surface area contributed by atoms with Crippen LogP contribution in [0.3, 0.4) is 0 Å². The molecule has 7 heteroatoms. The van der Waals surface area contributed by atoms with Crippen LogP contribution in [0.2, 0.25) is 0 Å². The van der Waals surface area contributed by atoms with Crippen LogP contribution in [0.25, 0.3) is 0 Å². The summed E-state index contributed by atoms with van der Waals surface area (Å²) in [6, 6.07) is 0.0962. The Morgan fingerprint density at radius 1 is 1.30 bits per heavy atom. The SMILES string of the molecule is CCc1cnc(C(C)Nc2nc(C)nc(NN)c2C)s1. The standard InChI is InChI=1S/C13H20N6S/c1-5-10-6-15-13(20-10)8(3)16-11-7(2)12(19-14)18-9(4)17-11/h6,8H,5,14H2,1-4H3,(H2,16,17,18,19). The minimum Gasteiger partial charge on any atom is -0.361 e. The van der Waals surface area contributed by atoms with Gasteiger partial charge < -0.3 is 10.7 Å². The van der Waals surface area contributed by atoms with Crippen LogP contribution in [-0.4, -0.2) is 15.0 Å². The van der Waals surface area contributed by atoms with Crippen LogP contribution in [0.15, 0.2) is 6.20 Å². The van der Waals surface area contributed by atoms with Crippen molar-refractivity contribution in [2.45, 2.75) is 40.2 Å². The molecule has 0 fully saturated rings. The van der Waals surface area contributed by atoms with E-state index in [0.717, 1.165) is 22.8 Å². The third-order valence-corrected chi connectivity index (χ3v) is 4.36. The number of hydrogen-bond acceptors (Lipinski definition) is 7. The molecule has 0 aliphatic rings. The Labute approximate surface area is 122 Å². The minimum absolute atomic E-state index is 0.0962. The molecule has 2 aromatic rings. The van der Waals surface area contributed by atoms with Crippen LogP contribution in [0.1, 0.15) is 41.2 Å². The zero-order chi connectivity index (χ0) is 14.7. The number of rotatable bonds is 5. The van der Waals surface area contributed by atoms with Crippen molar-refractivity contribution in [2.24, 2.45) is 5.84 Å². The van der Waals surface area contributed by atoms with Crippen molar-refractivity contribution in [3.8, 4) is 0 Å². The molecular weight excluding hydrogens is 272 g/mol. The number of nitrogen functional groups attached to an aromatic ring is 1. The lowest BCUT2D eigenvalue weighted by Gasteiger charge is -2.16. The highest BCUT2D eigenvalue weighted by Crippen LogP contribution is 2.26. The number of hydrazine groups is 1. The molecule has 0 aliphatic carbocycles. The Hall–Kier alpha value is -1.73. The lowest BCUT2D eigenvalue weighted by Crippen LogP contribution is -2.15. The van der Waals surface area contributed by atoms with E-state index >= 15 is 0 Å². The maximum Gasteiger partial charge on any atom is 0.148 e. The number of nitrogens with zero attached hydrogens (tertiary/aromatic N) is 3. The van der Waals surface area contributed by atoms with Gasteiger partial charge in [0.05, 0.1) is 6.04 Å². The second kappa shape index (κ2) is 6.15. The van der Waals surface area contributed by atoms with Gasteiger partial charge in [0, 0.05) is 16.6 Å². The molecule has 0 bridgehead atoms. The third-order valence-electron chi connectivity index (χ3n) is 3.04. The average molecular weight is 292 g/mol. The number of aryl methyl sites for hydroxylation is 2. The van der Waals surface area contributed by atoms with Crippen LogP contribution in [0.5, 0.6) is 0 Å². The summed E-state index contributed by atoms with van der Waals surface area (Å²) >= 11 is 1.72. The smallest absolute Gasteiger partial charge is 0.148 e. The molecule has 0 spiro atoms. The first kappa shape index (κ1) is 14.7. The number of nitrogens with one attached hydrogen (secondary N) is 2. The van der Waals surface area contributed by atoms with Gasteiger partial charge in [-0.25, -0.2) is 20.8 Å². The molecule has 0 aromatic carbocycles. The van der Waals surface area contributed by atoms with Crippen molar-refractivity contribution in [3.05, 3.63) is 27.5 Å². The number of nitrogens with two attached hydrogens (primary N) is 1. The Morgan fingerprint density at radius 2 is 2.00 bits per heavy atom. The summed E-state index contributed by atoms with van der Waals surface area (Å²) in [5, 5.41) is 4.44. The van der Waals surface area contributed by atoms with Gasteiger partial charge in [-0.15, -0.1) is 11.3 Å². The maximum atomic E-state index is 5.47. The molecule has 2 aromatic heterocycles. The van der Waals surface area contributed by atoms with Crippen LogP contribution < -0.4 is 16.6 Å². The summed E-state index contributed by atoms with van der Waals surface area (Å²) < 4.78 is 0. The van der Waals surface area contributed by atoms with Gasteiger partial charge >= 0.3 is 0 Å². The summed E-state index contributed by atoms with van der Waals surface area (Å²) in [6.45, 7) is 7.98. The Kier molecular flexibility index (Phi) is 4.51. The average Bonchev–Trinajstić information content (AvgIpc) is 2.91. The zero-order valence-electron chi connectivity index (χ0n) is 12.2. The van der Waals surface area contributed by atoms with Crippen LogP contribution in [0, 0.1) is 13.8 Å². The quantitative estimate of drug-likeness (QED) is 0.580. The summed E-state index contributed by atoms with van der Waals surface area (Å²) in [7, 11) is 0. The molecule has 0 amide bonds. The Bertz CT molecular complexity index is 595. The van der Waals surface area contributed by atoms with Crippen molar-refractivity contribution < 1.29 is 0 Å². The molecule has 2 heterocycles. The van der Waals surface area contributed by atoms with Crippen molar-refractivity contribution >= 4 is 23.0 Å². The summed E-state index contributed by atoms with van der Waals surface area (Å²) in [4.78, 5) is 14.4. The van der Waals surface area contributed by atoms with Gasteiger partial charge in [-0.05, 0) is 27.2 Å². The highest BCUT2D eigenvalue weighted by Gasteiger charge is 2.14. The second-order valence-corrected chi connectivity index (χ2v) is 5.77. The van der Waals surface area contributed by atoms with Gasteiger partial charge in [0.2, 0.25) is 0 Å². The molecule has 0 saturated carbocycles. The first-order valence-corrected chi connectivity index (χ1v) is 7.39. The number of thiazole rings is 1. The maximum absolute atomic E-state index is 5.47. The van der Waals surface area contributed by atoms with Gasteiger partial charge in [0.1, 0.15) is 22.5 Å². The first-order chi connectivity index (χ1) is 9.55. The number of anilines is 2. The van der Waals surface area contributed by atoms with Crippen molar-refractivity contribution in [1.29, 1.82) is 0 Å². The lowest BCUT2D eigenvalue weighted by atomic mass is 10.2. The van der Waals surface area contributed by atoms with Gasteiger partial charge in [-0.1, -0.05) is 6.92 Å². The molecular formula is C13H20N6S. The fourth-order valence-corrected chi connectivity index (χ4v) is 2.72. The second-order valence-electron chi connectivity index (χ2n) is 4.62. The van der Waals surface area contributed by atoms with Crippen molar-refractivity contribution in [1.82, 2.24) is 15.0 Å². The van der Waals surface area contributed by atoms with Crippen LogP contribution >= 0.6 is 11.3 Å². The molecule has 20 heavy (non-hydrogen) atoms. The first-order valence-electron chi connectivity index (χ1n) is 6.58. The van der Waals surface area contributed by atoms with E-state index in [4.69, 9.17) is 5.84 Å². The zero-order valence-corrected chi connectivity index (χ0v) is 13.0. The molecule has 0 aliphatic heterocycles. The molecule has 2 rings (SSSR count). The summed E-state index contributed by atoms with van der Waals surface area (Å²) in [5.74, 6) is 7.57. The Morgan fingerprint density at radius 3 is 2.60 bits per heavy atom. The summed E-state index contributed by atoms with van der Waals surface area (Å²) in [5.41, 5.74) is 3.50. The van der Waals surface area contributed by atoms with E-state index in [1.807, 2.05) is 20.0 Å². The fourth-order valence-electron chi connectivity index (χ4n) is 1.86. The molecule has 1 unspecified atom stereocenters. The molecule has 4 N–H and O–H groups in total. The third kappa shape index (κ3) is 3.05.